The van der Waals surface area contributed by atoms with Gasteiger partial charge in [-0.25, -0.2) is 4.39 Å². The van der Waals surface area contributed by atoms with E-state index < -0.39 is 0 Å². The summed E-state index contributed by atoms with van der Waals surface area (Å²) in [4.78, 5) is 11.4. The average molecular weight is 250 g/mol. The van der Waals surface area contributed by atoms with Crippen molar-refractivity contribution in [1.82, 2.24) is 10.6 Å². The summed E-state index contributed by atoms with van der Waals surface area (Å²) in [6, 6.07) is 6.92. The molecule has 0 aliphatic heterocycles. The zero-order chi connectivity index (χ0) is 13.1. The second-order valence-electron chi connectivity index (χ2n) is 4.92. The van der Waals surface area contributed by atoms with Gasteiger partial charge in [0.05, 0.1) is 6.04 Å². The molecule has 1 aliphatic rings. The van der Waals surface area contributed by atoms with E-state index >= 15 is 0 Å². The number of amides is 1. The standard InChI is InChI=1S/C14H19FN2O/c1-9(14(18)16-2)17-13-7-11(8-13)10-3-5-12(15)6-4-10/h3-6,9,11,13,17H,7-8H2,1-2H3,(H,16,18). The van der Waals surface area contributed by atoms with E-state index in [4.69, 9.17) is 0 Å². The second kappa shape index (κ2) is 5.48. The molecule has 0 spiro atoms. The van der Waals surface area contributed by atoms with Crippen LogP contribution in [0.15, 0.2) is 24.3 Å². The van der Waals surface area contributed by atoms with Crippen LogP contribution >= 0.6 is 0 Å². The smallest absolute Gasteiger partial charge is 0.236 e. The normalized spacial score (nSPS) is 24.2. The molecule has 0 saturated heterocycles. The van der Waals surface area contributed by atoms with Crippen LogP contribution in [0.5, 0.6) is 0 Å². The Kier molecular flexibility index (Phi) is 3.97. The fourth-order valence-electron chi connectivity index (χ4n) is 2.41. The highest BCUT2D eigenvalue weighted by Gasteiger charge is 2.31. The lowest BCUT2D eigenvalue weighted by atomic mass is 9.75. The SMILES string of the molecule is CNC(=O)C(C)NC1CC(c2ccc(F)cc2)C1. The minimum atomic E-state index is -0.194. The Morgan fingerprint density at radius 1 is 1.33 bits per heavy atom. The van der Waals surface area contributed by atoms with Gasteiger partial charge in [-0.2, -0.15) is 0 Å². The van der Waals surface area contributed by atoms with Gasteiger partial charge >= 0.3 is 0 Å². The largest absolute Gasteiger partial charge is 0.358 e. The number of hydrogen-bond donors (Lipinski definition) is 2. The van der Waals surface area contributed by atoms with Crippen molar-refractivity contribution in [2.75, 3.05) is 7.05 Å². The van der Waals surface area contributed by atoms with Gasteiger partial charge in [-0.3, -0.25) is 4.79 Å². The number of carbonyl (C=O) groups excluding carboxylic acids is 1. The molecule has 18 heavy (non-hydrogen) atoms. The first kappa shape index (κ1) is 13.0. The molecule has 98 valence electrons. The first-order valence-electron chi connectivity index (χ1n) is 6.33. The van der Waals surface area contributed by atoms with Gasteiger partial charge in [-0.15, -0.1) is 0 Å². The Morgan fingerprint density at radius 2 is 1.94 bits per heavy atom. The fourth-order valence-corrected chi connectivity index (χ4v) is 2.41. The highest BCUT2D eigenvalue weighted by molar-refractivity contribution is 5.80. The van der Waals surface area contributed by atoms with Crippen LogP contribution in [0.3, 0.4) is 0 Å². The van der Waals surface area contributed by atoms with Crippen LogP contribution in [0.25, 0.3) is 0 Å². The number of benzene rings is 1. The lowest BCUT2D eigenvalue weighted by molar-refractivity contribution is -0.122. The average Bonchev–Trinajstić information content (AvgIpc) is 2.33. The van der Waals surface area contributed by atoms with E-state index in [-0.39, 0.29) is 17.8 Å². The summed E-state index contributed by atoms with van der Waals surface area (Å²) >= 11 is 0. The molecule has 1 fully saturated rings. The number of halogens is 1. The molecule has 0 aromatic heterocycles. The van der Waals surface area contributed by atoms with Crippen molar-refractivity contribution in [1.29, 1.82) is 0 Å². The monoisotopic (exact) mass is 250 g/mol. The Labute approximate surface area is 107 Å². The molecule has 3 nitrogen and oxygen atoms in total. The predicted molar refractivity (Wildman–Crippen MR) is 68.8 cm³/mol. The van der Waals surface area contributed by atoms with Crippen LogP contribution in [-0.2, 0) is 4.79 Å². The Morgan fingerprint density at radius 3 is 2.50 bits per heavy atom. The van der Waals surface area contributed by atoms with Crippen molar-refractivity contribution >= 4 is 5.91 Å². The molecular formula is C14H19FN2O. The van der Waals surface area contributed by atoms with Crippen LogP contribution in [0.4, 0.5) is 4.39 Å². The van der Waals surface area contributed by atoms with E-state index in [1.54, 1.807) is 7.05 Å². The van der Waals surface area contributed by atoms with Gasteiger partial charge in [0.15, 0.2) is 0 Å². The van der Waals surface area contributed by atoms with E-state index in [1.807, 2.05) is 19.1 Å². The molecule has 4 heteroatoms. The molecule has 0 heterocycles. The number of hydrogen-bond acceptors (Lipinski definition) is 2. The maximum atomic E-state index is 12.8. The number of rotatable bonds is 4. The molecule has 1 atom stereocenters. The van der Waals surface area contributed by atoms with Crippen molar-refractivity contribution in [3.05, 3.63) is 35.6 Å². The Balaban J connectivity index is 1.80. The molecule has 1 amide bonds. The van der Waals surface area contributed by atoms with Crippen molar-refractivity contribution < 1.29 is 9.18 Å². The summed E-state index contributed by atoms with van der Waals surface area (Å²) in [6.07, 6.45) is 2.01. The first-order valence-corrected chi connectivity index (χ1v) is 6.33. The summed E-state index contributed by atoms with van der Waals surface area (Å²) in [5.41, 5.74) is 1.18. The third-order valence-electron chi connectivity index (χ3n) is 3.60. The van der Waals surface area contributed by atoms with Crippen molar-refractivity contribution in [3.8, 4) is 0 Å². The van der Waals surface area contributed by atoms with Crippen LogP contribution in [0, 0.1) is 5.82 Å². The van der Waals surface area contributed by atoms with Crippen LogP contribution in [-0.4, -0.2) is 25.0 Å². The molecule has 0 radical (unpaired) electrons. The zero-order valence-corrected chi connectivity index (χ0v) is 10.7. The lowest BCUT2D eigenvalue weighted by Crippen LogP contribution is -2.50. The molecule has 2 N–H and O–H groups in total. The van der Waals surface area contributed by atoms with Gasteiger partial charge in [-0.1, -0.05) is 12.1 Å². The van der Waals surface area contributed by atoms with Gasteiger partial charge in [0.25, 0.3) is 0 Å². The minimum Gasteiger partial charge on any atom is -0.358 e. The van der Waals surface area contributed by atoms with Crippen molar-refractivity contribution in [2.24, 2.45) is 0 Å². The minimum absolute atomic E-state index is 0.0141. The van der Waals surface area contributed by atoms with E-state index in [0.717, 1.165) is 12.8 Å². The molecule has 1 saturated carbocycles. The number of nitrogens with one attached hydrogen (secondary N) is 2. The lowest BCUT2D eigenvalue weighted by Gasteiger charge is -2.37. The van der Waals surface area contributed by atoms with Crippen LogP contribution < -0.4 is 10.6 Å². The van der Waals surface area contributed by atoms with E-state index in [1.165, 1.54) is 17.7 Å². The topological polar surface area (TPSA) is 41.1 Å². The maximum Gasteiger partial charge on any atom is 0.236 e. The highest BCUT2D eigenvalue weighted by atomic mass is 19.1. The van der Waals surface area contributed by atoms with Crippen molar-refractivity contribution in [3.63, 3.8) is 0 Å². The zero-order valence-electron chi connectivity index (χ0n) is 10.7. The van der Waals surface area contributed by atoms with Gasteiger partial charge in [-0.05, 0) is 43.4 Å². The maximum absolute atomic E-state index is 12.8. The quantitative estimate of drug-likeness (QED) is 0.855. The Hall–Kier alpha value is -1.42. The molecule has 1 aliphatic carbocycles. The summed E-state index contributed by atoms with van der Waals surface area (Å²) in [6.45, 7) is 1.87. The summed E-state index contributed by atoms with van der Waals surface area (Å²) in [5, 5.41) is 5.92. The summed E-state index contributed by atoms with van der Waals surface area (Å²) in [7, 11) is 1.64. The highest BCUT2D eigenvalue weighted by Crippen LogP contribution is 2.36. The molecular weight excluding hydrogens is 231 g/mol. The number of carbonyl (C=O) groups is 1. The second-order valence-corrected chi connectivity index (χ2v) is 4.92. The fraction of sp³-hybridized carbons (Fsp3) is 0.500. The van der Waals surface area contributed by atoms with E-state index in [2.05, 4.69) is 10.6 Å². The van der Waals surface area contributed by atoms with Gasteiger partial charge in [0.1, 0.15) is 5.82 Å². The number of likely N-dealkylation sites (N-methyl/N-ethyl adjacent to an activating group) is 1. The van der Waals surface area contributed by atoms with Gasteiger partial charge < -0.3 is 10.6 Å². The third-order valence-corrected chi connectivity index (χ3v) is 3.60. The Bertz CT molecular complexity index is 412. The molecule has 2 rings (SSSR count). The first-order chi connectivity index (χ1) is 8.60. The van der Waals surface area contributed by atoms with Gasteiger partial charge in [0, 0.05) is 13.1 Å². The molecule has 1 unspecified atom stereocenters. The molecule has 1 aromatic carbocycles. The van der Waals surface area contributed by atoms with Crippen molar-refractivity contribution in [2.45, 2.75) is 37.8 Å². The summed E-state index contributed by atoms with van der Waals surface area (Å²) in [5.74, 6) is 0.307. The molecule has 0 bridgehead atoms. The van der Waals surface area contributed by atoms with Crippen LogP contribution in [0.2, 0.25) is 0 Å². The van der Waals surface area contributed by atoms with E-state index in [9.17, 15) is 9.18 Å². The van der Waals surface area contributed by atoms with E-state index in [0.29, 0.717) is 12.0 Å². The van der Waals surface area contributed by atoms with Gasteiger partial charge in [0.2, 0.25) is 5.91 Å². The summed E-state index contributed by atoms with van der Waals surface area (Å²) < 4.78 is 12.8. The van der Waals surface area contributed by atoms with Crippen LogP contribution in [0.1, 0.15) is 31.2 Å². The predicted octanol–water partition coefficient (Wildman–Crippen LogP) is 1.80. The molecule has 1 aromatic rings. The third kappa shape index (κ3) is 2.88.